The van der Waals surface area contributed by atoms with E-state index in [0.717, 1.165) is 11.1 Å². The SMILES string of the molecule is COc1ccc(CN2C(=O)c3ccccc3C2=O)cc1C(=O)OCc1nccn1C(F)F. The second-order valence-electron chi connectivity index (χ2n) is 6.88. The van der Waals surface area contributed by atoms with Crippen LogP contribution in [-0.2, 0) is 17.9 Å². The summed E-state index contributed by atoms with van der Waals surface area (Å²) >= 11 is 0. The van der Waals surface area contributed by atoms with Crippen molar-refractivity contribution in [3.8, 4) is 5.75 Å². The molecule has 3 aromatic rings. The lowest BCUT2D eigenvalue weighted by Crippen LogP contribution is -2.29. The number of imide groups is 1. The predicted octanol–water partition coefficient (Wildman–Crippen LogP) is 3.44. The predicted molar refractivity (Wildman–Crippen MR) is 106 cm³/mol. The number of carbonyl (C=O) groups is 3. The highest BCUT2D eigenvalue weighted by atomic mass is 19.3. The summed E-state index contributed by atoms with van der Waals surface area (Å²) in [5, 5.41) is 0. The molecule has 0 saturated carbocycles. The lowest BCUT2D eigenvalue weighted by molar-refractivity contribution is 0.0373. The topological polar surface area (TPSA) is 90.7 Å². The molecule has 0 atom stereocenters. The number of hydrogen-bond acceptors (Lipinski definition) is 6. The molecule has 0 bridgehead atoms. The third kappa shape index (κ3) is 3.82. The molecule has 1 aliphatic heterocycles. The first-order valence-corrected chi connectivity index (χ1v) is 9.50. The van der Waals surface area contributed by atoms with Gasteiger partial charge < -0.3 is 9.47 Å². The van der Waals surface area contributed by atoms with Crippen molar-refractivity contribution >= 4 is 17.8 Å². The standard InChI is InChI=1S/C22H17F2N3O5/c1-31-17-7-6-13(11-27-19(28)14-4-2-3-5-15(14)20(27)29)10-16(17)21(30)32-12-18-25-8-9-26(18)22(23)24/h2-10,22H,11-12H2,1H3. The van der Waals surface area contributed by atoms with Gasteiger partial charge in [-0.05, 0) is 29.8 Å². The van der Waals surface area contributed by atoms with Crippen molar-refractivity contribution in [1.82, 2.24) is 14.5 Å². The van der Waals surface area contributed by atoms with Crippen LogP contribution >= 0.6 is 0 Å². The summed E-state index contributed by atoms with van der Waals surface area (Å²) in [4.78, 5) is 42.7. The van der Waals surface area contributed by atoms with Gasteiger partial charge in [0.15, 0.2) is 5.82 Å². The molecule has 2 aromatic carbocycles. The minimum Gasteiger partial charge on any atom is -0.496 e. The molecular formula is C22H17F2N3O5. The quantitative estimate of drug-likeness (QED) is 0.412. The fraction of sp³-hybridized carbons (Fsp3) is 0.182. The van der Waals surface area contributed by atoms with Gasteiger partial charge in [-0.1, -0.05) is 18.2 Å². The highest BCUT2D eigenvalue weighted by Gasteiger charge is 2.35. The van der Waals surface area contributed by atoms with E-state index in [0.29, 0.717) is 21.3 Å². The Labute approximate surface area is 181 Å². The number of imidazole rings is 1. The molecule has 0 radical (unpaired) electrons. The highest BCUT2D eigenvalue weighted by Crippen LogP contribution is 2.27. The zero-order valence-electron chi connectivity index (χ0n) is 16.8. The van der Waals surface area contributed by atoms with Gasteiger partial charge in [0.05, 0.1) is 24.8 Å². The van der Waals surface area contributed by atoms with Gasteiger partial charge in [-0.15, -0.1) is 0 Å². The Morgan fingerprint density at radius 3 is 2.41 bits per heavy atom. The number of fused-ring (bicyclic) bond motifs is 1. The molecule has 0 aliphatic carbocycles. The Bertz CT molecular complexity index is 1170. The maximum absolute atomic E-state index is 12.9. The Morgan fingerprint density at radius 1 is 1.09 bits per heavy atom. The molecule has 32 heavy (non-hydrogen) atoms. The third-order valence-corrected chi connectivity index (χ3v) is 4.99. The van der Waals surface area contributed by atoms with E-state index in [1.165, 1.54) is 25.4 Å². The number of esters is 1. The van der Waals surface area contributed by atoms with Gasteiger partial charge in [-0.25, -0.2) is 9.78 Å². The molecule has 164 valence electrons. The van der Waals surface area contributed by atoms with Crippen LogP contribution in [0.15, 0.2) is 54.9 Å². The van der Waals surface area contributed by atoms with Gasteiger partial charge in [0.25, 0.3) is 11.8 Å². The summed E-state index contributed by atoms with van der Waals surface area (Å²) in [6, 6.07) is 11.1. The summed E-state index contributed by atoms with van der Waals surface area (Å²) < 4.78 is 36.8. The largest absolute Gasteiger partial charge is 0.496 e. The first-order valence-electron chi connectivity index (χ1n) is 9.50. The summed E-state index contributed by atoms with van der Waals surface area (Å²) in [6.45, 7) is -3.35. The molecular weight excluding hydrogens is 424 g/mol. The molecule has 4 rings (SSSR count). The van der Waals surface area contributed by atoms with Crippen LogP contribution < -0.4 is 4.74 Å². The molecule has 0 N–H and O–H groups in total. The van der Waals surface area contributed by atoms with E-state index in [1.807, 2.05) is 0 Å². The van der Waals surface area contributed by atoms with Crippen molar-refractivity contribution in [2.24, 2.45) is 0 Å². The first kappa shape index (κ1) is 21.2. The zero-order chi connectivity index (χ0) is 22.8. The van der Waals surface area contributed by atoms with Crippen LogP contribution in [0.25, 0.3) is 0 Å². The maximum atomic E-state index is 12.9. The zero-order valence-corrected chi connectivity index (χ0v) is 16.8. The van der Waals surface area contributed by atoms with Crippen LogP contribution in [0.4, 0.5) is 8.78 Å². The van der Waals surface area contributed by atoms with Crippen LogP contribution in [-0.4, -0.2) is 39.3 Å². The van der Waals surface area contributed by atoms with Gasteiger partial charge in [0.2, 0.25) is 0 Å². The van der Waals surface area contributed by atoms with E-state index in [2.05, 4.69) is 4.98 Å². The van der Waals surface area contributed by atoms with E-state index in [-0.39, 0.29) is 23.7 Å². The average Bonchev–Trinajstić information content (AvgIpc) is 3.37. The smallest absolute Gasteiger partial charge is 0.342 e. The van der Waals surface area contributed by atoms with Crippen LogP contribution in [0.1, 0.15) is 49.0 Å². The van der Waals surface area contributed by atoms with Crippen LogP contribution in [0, 0.1) is 0 Å². The summed E-state index contributed by atoms with van der Waals surface area (Å²) in [5.41, 5.74) is 1.15. The van der Waals surface area contributed by atoms with Crippen molar-refractivity contribution < 1.29 is 32.6 Å². The Kier molecular flexibility index (Phi) is 5.67. The Morgan fingerprint density at radius 2 is 1.78 bits per heavy atom. The lowest BCUT2D eigenvalue weighted by atomic mass is 10.1. The molecule has 0 saturated heterocycles. The molecule has 0 unspecified atom stereocenters. The van der Waals surface area contributed by atoms with E-state index in [1.54, 1.807) is 30.3 Å². The number of carbonyl (C=O) groups excluding carboxylic acids is 3. The van der Waals surface area contributed by atoms with Crippen LogP contribution in [0.3, 0.4) is 0 Å². The van der Waals surface area contributed by atoms with Crippen molar-refractivity contribution in [3.05, 3.63) is 82.9 Å². The third-order valence-electron chi connectivity index (χ3n) is 4.99. The molecule has 2 amide bonds. The molecule has 0 fully saturated rings. The number of hydrogen-bond donors (Lipinski definition) is 0. The van der Waals surface area contributed by atoms with Crippen LogP contribution in [0.2, 0.25) is 0 Å². The van der Waals surface area contributed by atoms with E-state index in [9.17, 15) is 23.2 Å². The van der Waals surface area contributed by atoms with Crippen molar-refractivity contribution in [2.75, 3.05) is 7.11 Å². The fourth-order valence-electron chi connectivity index (χ4n) is 3.42. The van der Waals surface area contributed by atoms with Crippen molar-refractivity contribution in [2.45, 2.75) is 19.7 Å². The number of ether oxygens (including phenoxy) is 2. The number of amides is 2. The fourth-order valence-corrected chi connectivity index (χ4v) is 3.42. The molecule has 2 heterocycles. The minimum atomic E-state index is -2.82. The van der Waals surface area contributed by atoms with Crippen LogP contribution in [0.5, 0.6) is 5.75 Å². The lowest BCUT2D eigenvalue weighted by Gasteiger charge is -2.16. The Balaban J connectivity index is 1.53. The first-order chi connectivity index (χ1) is 15.4. The maximum Gasteiger partial charge on any atom is 0.342 e. The van der Waals surface area contributed by atoms with Crippen molar-refractivity contribution in [3.63, 3.8) is 0 Å². The average molecular weight is 441 g/mol. The van der Waals surface area contributed by atoms with Gasteiger partial charge in [0.1, 0.15) is 17.9 Å². The van der Waals surface area contributed by atoms with E-state index >= 15 is 0 Å². The number of benzene rings is 2. The van der Waals surface area contributed by atoms with Gasteiger partial charge in [0, 0.05) is 12.4 Å². The second-order valence-corrected chi connectivity index (χ2v) is 6.88. The van der Waals surface area contributed by atoms with Crippen molar-refractivity contribution in [1.29, 1.82) is 0 Å². The van der Waals surface area contributed by atoms with E-state index in [4.69, 9.17) is 9.47 Å². The highest BCUT2D eigenvalue weighted by molar-refractivity contribution is 6.21. The minimum absolute atomic E-state index is 0.0248. The molecule has 1 aliphatic rings. The van der Waals surface area contributed by atoms with Gasteiger partial charge in [-0.2, -0.15) is 8.78 Å². The number of alkyl halides is 2. The molecule has 1 aromatic heterocycles. The summed E-state index contributed by atoms with van der Waals surface area (Å²) in [6.07, 6.45) is 2.26. The number of aromatic nitrogens is 2. The van der Waals surface area contributed by atoms with Gasteiger partial charge >= 0.3 is 12.5 Å². The monoisotopic (exact) mass is 441 g/mol. The Hall–Kier alpha value is -4.08. The second kappa shape index (κ2) is 8.58. The number of nitrogens with zero attached hydrogens (tertiary/aromatic N) is 3. The van der Waals surface area contributed by atoms with Gasteiger partial charge in [-0.3, -0.25) is 19.1 Å². The normalized spacial score (nSPS) is 12.9. The van der Waals surface area contributed by atoms with E-state index < -0.39 is 30.9 Å². The number of halogens is 2. The number of methoxy groups -OCH3 is 1. The summed E-state index contributed by atoms with van der Waals surface area (Å²) in [7, 11) is 1.36. The molecule has 8 nitrogen and oxygen atoms in total. The molecule has 10 heteroatoms. The summed E-state index contributed by atoms with van der Waals surface area (Å²) in [5.74, 6) is -1.60. The number of rotatable bonds is 7. The molecule has 0 spiro atoms.